The lowest BCUT2D eigenvalue weighted by molar-refractivity contribution is 0.201. The zero-order valence-electron chi connectivity index (χ0n) is 14.7. The van der Waals surface area contributed by atoms with Crippen LogP contribution in [0.2, 0.25) is 0 Å². The Bertz CT molecular complexity index is 991. The molecule has 3 nitrogen and oxygen atoms in total. The molecule has 0 aliphatic rings. The number of aromatic nitrogens is 1. The summed E-state index contributed by atoms with van der Waals surface area (Å²) < 4.78 is 26.1. The van der Waals surface area contributed by atoms with Crippen LogP contribution < -0.4 is 5.44 Å². The Morgan fingerprint density at radius 1 is 1.12 bits per heavy atom. The van der Waals surface area contributed by atoms with Crippen LogP contribution >= 0.6 is 7.14 Å². The van der Waals surface area contributed by atoms with Crippen molar-refractivity contribution in [3.63, 3.8) is 0 Å². The van der Waals surface area contributed by atoms with Gasteiger partial charge in [0.05, 0.1) is 11.6 Å². The van der Waals surface area contributed by atoms with Crippen molar-refractivity contribution in [3.8, 4) is 11.1 Å². The quantitative estimate of drug-likeness (QED) is 0.694. The van der Waals surface area contributed by atoms with Crippen molar-refractivity contribution in [1.29, 1.82) is 0 Å². The molecule has 1 aromatic heterocycles. The number of fused-ring (bicyclic) bond motifs is 1. The van der Waals surface area contributed by atoms with E-state index in [1.165, 1.54) is 12.1 Å². The number of halogens is 1. The second-order valence-corrected chi connectivity index (χ2v) is 9.94. The second kappa shape index (κ2) is 6.36. The van der Waals surface area contributed by atoms with Gasteiger partial charge in [-0.25, -0.2) is 9.37 Å². The normalized spacial score (nSPS) is 13.2. The smallest absolute Gasteiger partial charge is 0.127 e. The molecule has 0 aliphatic carbocycles. The summed E-state index contributed by atoms with van der Waals surface area (Å²) >= 11 is 0. The largest absolute Gasteiger partial charge is 0.389 e. The summed E-state index contributed by atoms with van der Waals surface area (Å²) in [6.07, 6.45) is -0.647. The van der Waals surface area contributed by atoms with Gasteiger partial charge in [0.1, 0.15) is 18.4 Å². The third-order valence-electron chi connectivity index (χ3n) is 4.21. The SMILES string of the molecule is Cc1cc(C(C)O)c2cc(-c3ccc(F)cc3)c(P(C)(C)=O)nc2c1. The van der Waals surface area contributed by atoms with Crippen molar-refractivity contribution >= 4 is 23.5 Å². The fourth-order valence-corrected chi connectivity index (χ4v) is 4.16. The fraction of sp³-hybridized carbons (Fsp3) is 0.250. The number of pyridine rings is 1. The monoisotopic (exact) mass is 357 g/mol. The van der Waals surface area contributed by atoms with E-state index in [1.54, 1.807) is 32.4 Å². The average Bonchev–Trinajstić information content (AvgIpc) is 2.52. The lowest BCUT2D eigenvalue weighted by Crippen LogP contribution is -2.13. The van der Waals surface area contributed by atoms with Gasteiger partial charge in [-0.05, 0) is 68.1 Å². The maximum absolute atomic E-state index is 13.3. The van der Waals surface area contributed by atoms with Crippen LogP contribution in [0.3, 0.4) is 0 Å². The molecule has 0 bridgehead atoms. The lowest BCUT2D eigenvalue weighted by atomic mass is 9.98. The summed E-state index contributed by atoms with van der Waals surface area (Å²) in [5, 5.41) is 11.0. The molecular formula is C20H21FNO2P. The summed E-state index contributed by atoms with van der Waals surface area (Å²) in [6.45, 7) is 7.02. The molecule has 5 heteroatoms. The first kappa shape index (κ1) is 17.8. The van der Waals surface area contributed by atoms with Gasteiger partial charge in [0.2, 0.25) is 0 Å². The number of aliphatic hydroxyl groups excluding tert-OH is 1. The van der Waals surface area contributed by atoms with Gasteiger partial charge in [-0.3, -0.25) is 0 Å². The van der Waals surface area contributed by atoms with Crippen LogP contribution in [-0.4, -0.2) is 23.4 Å². The third kappa shape index (κ3) is 3.51. The van der Waals surface area contributed by atoms with E-state index in [0.717, 1.165) is 22.1 Å². The van der Waals surface area contributed by atoms with Gasteiger partial charge in [0.25, 0.3) is 0 Å². The predicted octanol–water partition coefficient (Wildman–Crippen LogP) is 4.65. The molecule has 0 radical (unpaired) electrons. The number of hydrogen-bond acceptors (Lipinski definition) is 3. The second-order valence-electron chi connectivity index (χ2n) is 6.81. The Balaban J connectivity index is 2.41. The molecule has 3 rings (SSSR count). The topological polar surface area (TPSA) is 50.2 Å². The molecule has 1 atom stereocenters. The van der Waals surface area contributed by atoms with Crippen LogP contribution in [-0.2, 0) is 4.57 Å². The minimum Gasteiger partial charge on any atom is -0.389 e. The van der Waals surface area contributed by atoms with Gasteiger partial charge in [-0.1, -0.05) is 18.2 Å². The van der Waals surface area contributed by atoms with Gasteiger partial charge in [-0.2, -0.15) is 0 Å². The highest BCUT2D eigenvalue weighted by molar-refractivity contribution is 7.70. The molecule has 0 saturated carbocycles. The molecular weight excluding hydrogens is 336 g/mol. The number of aryl methyl sites for hydroxylation is 1. The minimum absolute atomic E-state index is 0.324. The van der Waals surface area contributed by atoms with Crippen LogP contribution in [0.25, 0.3) is 22.0 Å². The van der Waals surface area contributed by atoms with Gasteiger partial charge in [-0.15, -0.1) is 0 Å². The van der Waals surface area contributed by atoms with Crippen LogP contribution in [0, 0.1) is 12.7 Å². The van der Waals surface area contributed by atoms with E-state index < -0.39 is 13.2 Å². The molecule has 1 unspecified atom stereocenters. The van der Waals surface area contributed by atoms with Gasteiger partial charge >= 0.3 is 0 Å². The van der Waals surface area contributed by atoms with Crippen LogP contribution in [0.1, 0.15) is 24.2 Å². The minimum atomic E-state index is -2.66. The molecule has 0 spiro atoms. The summed E-state index contributed by atoms with van der Waals surface area (Å²) in [4.78, 5) is 4.68. The maximum Gasteiger partial charge on any atom is 0.127 e. The molecule has 0 amide bonds. The van der Waals surface area contributed by atoms with Crippen molar-refractivity contribution in [3.05, 3.63) is 59.4 Å². The summed E-state index contributed by atoms with van der Waals surface area (Å²) in [5.74, 6) is -0.324. The highest BCUT2D eigenvalue weighted by Crippen LogP contribution is 2.40. The first-order chi connectivity index (χ1) is 11.7. The highest BCUT2D eigenvalue weighted by Gasteiger charge is 2.22. The van der Waals surface area contributed by atoms with Crippen molar-refractivity contribution in [1.82, 2.24) is 4.98 Å². The Morgan fingerprint density at radius 2 is 1.76 bits per heavy atom. The Kier molecular flexibility index (Phi) is 4.52. The van der Waals surface area contributed by atoms with Crippen molar-refractivity contribution in [2.24, 2.45) is 0 Å². The number of aliphatic hydroxyl groups is 1. The number of hydrogen-bond donors (Lipinski definition) is 1. The van der Waals surface area contributed by atoms with Crippen LogP contribution in [0.15, 0.2) is 42.5 Å². The van der Waals surface area contributed by atoms with Crippen molar-refractivity contribution in [2.75, 3.05) is 13.3 Å². The molecule has 3 aromatic rings. The average molecular weight is 357 g/mol. The Morgan fingerprint density at radius 3 is 2.32 bits per heavy atom. The molecule has 0 aliphatic heterocycles. The summed E-state index contributed by atoms with van der Waals surface area (Å²) in [7, 11) is -2.66. The lowest BCUT2D eigenvalue weighted by Gasteiger charge is -2.17. The van der Waals surface area contributed by atoms with E-state index in [-0.39, 0.29) is 5.82 Å². The third-order valence-corrected chi connectivity index (χ3v) is 5.57. The summed E-state index contributed by atoms with van der Waals surface area (Å²) in [6, 6.07) is 11.8. The van der Waals surface area contributed by atoms with E-state index in [2.05, 4.69) is 4.98 Å². The number of benzene rings is 2. The molecule has 2 aromatic carbocycles. The molecule has 0 fully saturated rings. The summed E-state index contributed by atoms with van der Waals surface area (Å²) in [5.41, 5.74) is 4.46. The van der Waals surface area contributed by atoms with Crippen molar-refractivity contribution in [2.45, 2.75) is 20.0 Å². The maximum atomic E-state index is 13.3. The fourth-order valence-electron chi connectivity index (χ4n) is 3.04. The standard InChI is InChI=1S/C20H21FNO2P/c1-12-9-16(13(2)23)18-11-17(14-5-7-15(21)8-6-14)20(25(3,4)24)22-19(18)10-12/h5-11,13,23H,1-4H3. The first-order valence-corrected chi connectivity index (χ1v) is 10.7. The highest BCUT2D eigenvalue weighted by atomic mass is 31.2. The van der Waals surface area contributed by atoms with E-state index in [0.29, 0.717) is 16.5 Å². The zero-order chi connectivity index (χ0) is 18.4. The van der Waals surface area contributed by atoms with Crippen LogP contribution in [0.5, 0.6) is 0 Å². The van der Waals surface area contributed by atoms with E-state index >= 15 is 0 Å². The van der Waals surface area contributed by atoms with Gasteiger partial charge in [0.15, 0.2) is 0 Å². The predicted molar refractivity (Wildman–Crippen MR) is 102 cm³/mol. The number of rotatable bonds is 3. The Labute approximate surface area is 146 Å². The number of nitrogens with zero attached hydrogens (tertiary/aromatic N) is 1. The first-order valence-electron chi connectivity index (χ1n) is 8.11. The van der Waals surface area contributed by atoms with Crippen molar-refractivity contribution < 1.29 is 14.1 Å². The zero-order valence-corrected chi connectivity index (χ0v) is 15.6. The molecule has 25 heavy (non-hydrogen) atoms. The van der Waals surface area contributed by atoms with Gasteiger partial charge < -0.3 is 9.67 Å². The molecule has 1 heterocycles. The van der Waals surface area contributed by atoms with E-state index in [4.69, 9.17) is 0 Å². The van der Waals surface area contributed by atoms with Gasteiger partial charge in [0, 0.05) is 10.9 Å². The Hall–Kier alpha value is -2.03. The molecule has 130 valence electrons. The van der Waals surface area contributed by atoms with Crippen LogP contribution in [0.4, 0.5) is 4.39 Å². The molecule has 0 saturated heterocycles. The van der Waals surface area contributed by atoms with E-state index in [9.17, 15) is 14.1 Å². The van der Waals surface area contributed by atoms with E-state index in [1.807, 2.05) is 25.1 Å². The molecule has 1 N–H and O–H groups in total.